The van der Waals surface area contributed by atoms with Crippen LogP contribution in [0.3, 0.4) is 0 Å². The Balaban J connectivity index is 2.59. The van der Waals surface area contributed by atoms with Crippen LogP contribution >= 0.6 is 15.9 Å². The Labute approximate surface area is 94.5 Å². The molecule has 1 aromatic carbocycles. The van der Waals surface area contributed by atoms with Crippen LogP contribution < -0.4 is 0 Å². The third-order valence-corrected chi connectivity index (χ3v) is 2.75. The van der Waals surface area contributed by atoms with Crippen LogP contribution in [-0.4, -0.2) is 11.1 Å². The van der Waals surface area contributed by atoms with Gasteiger partial charge in [0.25, 0.3) is 0 Å². The Morgan fingerprint density at radius 3 is 2.60 bits per heavy atom. The van der Waals surface area contributed by atoms with Crippen molar-refractivity contribution in [2.45, 2.75) is 0 Å². The van der Waals surface area contributed by atoms with Crippen LogP contribution in [0.1, 0.15) is 10.4 Å². The van der Waals surface area contributed by atoms with Crippen molar-refractivity contribution in [1.82, 2.24) is 0 Å². The molecule has 0 saturated carbocycles. The van der Waals surface area contributed by atoms with E-state index in [1.54, 1.807) is 0 Å². The van der Waals surface area contributed by atoms with E-state index in [1.807, 2.05) is 24.3 Å². The number of hydrogen-bond acceptors (Lipinski definition) is 2. The zero-order valence-corrected chi connectivity index (χ0v) is 9.19. The summed E-state index contributed by atoms with van der Waals surface area (Å²) in [6.07, 6.45) is 2.67. The predicted molar refractivity (Wildman–Crippen MR) is 58.8 cm³/mol. The molecule has 15 heavy (non-hydrogen) atoms. The molecule has 76 valence electrons. The van der Waals surface area contributed by atoms with Gasteiger partial charge in [-0.05, 0) is 11.6 Å². The third kappa shape index (κ3) is 1.80. The van der Waals surface area contributed by atoms with Gasteiger partial charge in [-0.25, -0.2) is 4.79 Å². The molecule has 0 amide bonds. The highest BCUT2D eigenvalue weighted by Gasteiger charge is 2.15. The van der Waals surface area contributed by atoms with Gasteiger partial charge < -0.3 is 9.52 Å². The van der Waals surface area contributed by atoms with Gasteiger partial charge in [-0.15, -0.1) is 0 Å². The standard InChI is InChI=1S/C11H7BrO3/c12-10-4-2-1-3-7(10)8-5-15-6-9(8)11(13)14/h1-6H,(H,13,14). The normalized spacial score (nSPS) is 10.2. The molecule has 1 aromatic heterocycles. The Hall–Kier alpha value is -1.55. The number of hydrogen-bond donors (Lipinski definition) is 1. The molecule has 0 aliphatic rings. The molecule has 2 rings (SSSR count). The van der Waals surface area contributed by atoms with E-state index in [0.717, 1.165) is 10.0 Å². The Bertz CT molecular complexity index is 502. The van der Waals surface area contributed by atoms with E-state index in [4.69, 9.17) is 9.52 Å². The minimum atomic E-state index is -0.991. The van der Waals surface area contributed by atoms with Crippen LogP contribution in [0.15, 0.2) is 45.7 Å². The highest BCUT2D eigenvalue weighted by molar-refractivity contribution is 9.10. The summed E-state index contributed by atoms with van der Waals surface area (Å²) in [5, 5.41) is 8.93. The van der Waals surface area contributed by atoms with Gasteiger partial charge in [0.15, 0.2) is 0 Å². The molecular weight excluding hydrogens is 260 g/mol. The van der Waals surface area contributed by atoms with Gasteiger partial charge in [-0.1, -0.05) is 34.1 Å². The summed E-state index contributed by atoms with van der Waals surface area (Å²) in [4.78, 5) is 10.9. The number of halogens is 1. The van der Waals surface area contributed by atoms with Gasteiger partial charge in [0.2, 0.25) is 0 Å². The molecule has 0 spiro atoms. The zero-order valence-electron chi connectivity index (χ0n) is 7.61. The summed E-state index contributed by atoms with van der Waals surface area (Å²) in [6, 6.07) is 7.40. The zero-order chi connectivity index (χ0) is 10.8. The second-order valence-electron chi connectivity index (χ2n) is 2.98. The molecule has 0 bridgehead atoms. The number of carboxylic acid groups (broad SMARTS) is 1. The average molecular weight is 267 g/mol. The monoisotopic (exact) mass is 266 g/mol. The minimum absolute atomic E-state index is 0.168. The lowest BCUT2D eigenvalue weighted by molar-refractivity contribution is 0.0697. The largest absolute Gasteiger partial charge is 0.478 e. The van der Waals surface area contributed by atoms with Crippen LogP contribution in [0.2, 0.25) is 0 Å². The second-order valence-corrected chi connectivity index (χ2v) is 3.84. The molecule has 0 aliphatic heterocycles. The van der Waals surface area contributed by atoms with E-state index >= 15 is 0 Å². The number of benzene rings is 1. The average Bonchev–Trinajstić information content (AvgIpc) is 2.67. The van der Waals surface area contributed by atoms with Crippen LogP contribution in [0.5, 0.6) is 0 Å². The van der Waals surface area contributed by atoms with Crippen molar-refractivity contribution in [3.8, 4) is 11.1 Å². The Kier molecular flexibility index (Phi) is 2.60. The first kappa shape index (κ1) is 9.98. The molecule has 1 N–H and O–H groups in total. The van der Waals surface area contributed by atoms with Crippen molar-refractivity contribution in [3.05, 3.63) is 46.8 Å². The first-order valence-corrected chi connectivity index (χ1v) is 5.04. The van der Waals surface area contributed by atoms with Crippen LogP contribution in [-0.2, 0) is 0 Å². The summed E-state index contributed by atoms with van der Waals surface area (Å²) < 4.78 is 5.76. The lowest BCUT2D eigenvalue weighted by Crippen LogP contribution is -1.95. The van der Waals surface area contributed by atoms with E-state index in [2.05, 4.69) is 15.9 Å². The van der Waals surface area contributed by atoms with Crippen molar-refractivity contribution in [3.63, 3.8) is 0 Å². The minimum Gasteiger partial charge on any atom is -0.478 e. The molecular formula is C11H7BrO3. The second kappa shape index (κ2) is 3.90. The maximum Gasteiger partial charge on any atom is 0.339 e. The van der Waals surface area contributed by atoms with Crippen molar-refractivity contribution < 1.29 is 14.3 Å². The lowest BCUT2D eigenvalue weighted by atomic mass is 10.1. The maximum atomic E-state index is 10.9. The predicted octanol–water partition coefficient (Wildman–Crippen LogP) is 3.41. The summed E-state index contributed by atoms with van der Waals surface area (Å²) in [7, 11) is 0. The summed E-state index contributed by atoms with van der Waals surface area (Å²) in [6.45, 7) is 0. The number of aromatic carboxylic acids is 1. The maximum absolute atomic E-state index is 10.9. The van der Waals surface area contributed by atoms with Crippen molar-refractivity contribution >= 4 is 21.9 Å². The molecule has 1 heterocycles. The van der Waals surface area contributed by atoms with E-state index in [9.17, 15) is 4.79 Å². The molecule has 0 radical (unpaired) electrons. The van der Waals surface area contributed by atoms with Crippen LogP contribution in [0.4, 0.5) is 0 Å². The van der Waals surface area contributed by atoms with Crippen molar-refractivity contribution in [2.24, 2.45) is 0 Å². The summed E-state index contributed by atoms with van der Waals surface area (Å²) in [5.74, 6) is -0.991. The molecule has 0 fully saturated rings. The van der Waals surface area contributed by atoms with Crippen LogP contribution in [0.25, 0.3) is 11.1 Å². The van der Waals surface area contributed by atoms with Gasteiger partial charge in [0, 0.05) is 10.0 Å². The topological polar surface area (TPSA) is 50.4 Å². The first-order valence-electron chi connectivity index (χ1n) is 4.24. The molecule has 4 heteroatoms. The van der Waals surface area contributed by atoms with Crippen molar-refractivity contribution in [1.29, 1.82) is 0 Å². The lowest BCUT2D eigenvalue weighted by Gasteiger charge is -2.01. The fourth-order valence-electron chi connectivity index (χ4n) is 1.35. The Morgan fingerprint density at radius 1 is 1.20 bits per heavy atom. The third-order valence-electron chi connectivity index (χ3n) is 2.06. The van der Waals surface area contributed by atoms with Gasteiger partial charge in [0.05, 0.1) is 6.26 Å². The number of carboxylic acids is 1. The molecule has 0 saturated heterocycles. The van der Waals surface area contributed by atoms with E-state index in [-0.39, 0.29) is 5.56 Å². The van der Waals surface area contributed by atoms with E-state index in [0.29, 0.717) is 5.56 Å². The van der Waals surface area contributed by atoms with Gasteiger partial charge in [0.1, 0.15) is 11.8 Å². The fraction of sp³-hybridized carbons (Fsp3) is 0. The quantitative estimate of drug-likeness (QED) is 0.907. The number of rotatable bonds is 2. The number of carbonyl (C=O) groups is 1. The van der Waals surface area contributed by atoms with E-state index < -0.39 is 5.97 Å². The Morgan fingerprint density at radius 2 is 1.93 bits per heavy atom. The first-order chi connectivity index (χ1) is 7.20. The van der Waals surface area contributed by atoms with Gasteiger partial charge in [-0.3, -0.25) is 0 Å². The highest BCUT2D eigenvalue weighted by atomic mass is 79.9. The van der Waals surface area contributed by atoms with E-state index in [1.165, 1.54) is 12.5 Å². The smallest absolute Gasteiger partial charge is 0.339 e. The number of furan rings is 1. The van der Waals surface area contributed by atoms with Crippen molar-refractivity contribution in [2.75, 3.05) is 0 Å². The highest BCUT2D eigenvalue weighted by Crippen LogP contribution is 2.31. The molecule has 0 aliphatic carbocycles. The summed E-state index contributed by atoms with van der Waals surface area (Å²) >= 11 is 3.37. The molecule has 2 aromatic rings. The fourth-order valence-corrected chi connectivity index (χ4v) is 1.85. The summed E-state index contributed by atoms with van der Waals surface area (Å²) in [5.41, 5.74) is 1.56. The molecule has 3 nitrogen and oxygen atoms in total. The van der Waals surface area contributed by atoms with Gasteiger partial charge >= 0.3 is 5.97 Å². The molecule has 0 unspecified atom stereocenters. The van der Waals surface area contributed by atoms with Gasteiger partial charge in [-0.2, -0.15) is 0 Å². The SMILES string of the molecule is O=C(O)c1cocc1-c1ccccc1Br. The molecule has 0 atom stereocenters. The van der Waals surface area contributed by atoms with Crippen LogP contribution in [0, 0.1) is 0 Å².